The summed E-state index contributed by atoms with van der Waals surface area (Å²) in [5.74, 6) is -0.0779. The molecule has 0 amide bonds. The third-order valence-corrected chi connectivity index (χ3v) is 3.21. The van der Waals surface area contributed by atoms with Gasteiger partial charge in [-0.2, -0.15) is 4.99 Å². The van der Waals surface area contributed by atoms with Crippen LogP contribution in [0.25, 0.3) is 0 Å². The Balaban J connectivity index is 2.02. The van der Waals surface area contributed by atoms with E-state index in [-0.39, 0.29) is 5.69 Å². The van der Waals surface area contributed by atoms with Crippen molar-refractivity contribution in [1.29, 1.82) is 0 Å². The highest BCUT2D eigenvalue weighted by atomic mass is 32.1. The van der Waals surface area contributed by atoms with Gasteiger partial charge in [-0.1, -0.05) is 6.07 Å². The molecule has 0 unspecified atom stereocenters. The van der Waals surface area contributed by atoms with Crippen LogP contribution in [-0.4, -0.2) is 12.7 Å². The molecule has 0 saturated heterocycles. The average molecular weight is 263 g/mol. The molecule has 92 valence electrons. The van der Waals surface area contributed by atoms with Gasteiger partial charge in [-0.3, -0.25) is 0 Å². The summed E-state index contributed by atoms with van der Waals surface area (Å²) in [7, 11) is 0. The lowest BCUT2D eigenvalue weighted by molar-refractivity contribution is 0.323. The van der Waals surface area contributed by atoms with Crippen molar-refractivity contribution in [3.63, 3.8) is 0 Å². The Labute approximate surface area is 108 Å². The van der Waals surface area contributed by atoms with Crippen LogP contribution in [0.3, 0.4) is 0 Å². The molecule has 0 aliphatic carbocycles. The van der Waals surface area contributed by atoms with Gasteiger partial charge in [-0.15, -0.1) is 11.3 Å². The minimum Gasteiger partial charge on any atom is -0.491 e. The molecule has 0 atom stereocenters. The lowest BCUT2D eigenvalue weighted by atomic mass is 10.3. The number of ether oxygens (including phenoxy) is 1. The standard InChI is InChI=1S/C13H10FNO2S/c14-10-3-4-13(12(8-10)15-9-16)17-6-5-11-2-1-7-18-11/h1-4,7-8H,5-6H2. The third kappa shape index (κ3) is 3.26. The summed E-state index contributed by atoms with van der Waals surface area (Å²) < 4.78 is 18.5. The Morgan fingerprint density at radius 2 is 2.28 bits per heavy atom. The van der Waals surface area contributed by atoms with Gasteiger partial charge < -0.3 is 4.74 Å². The van der Waals surface area contributed by atoms with Crippen molar-refractivity contribution in [3.05, 3.63) is 46.4 Å². The van der Waals surface area contributed by atoms with E-state index in [4.69, 9.17) is 4.74 Å². The highest BCUT2D eigenvalue weighted by Gasteiger charge is 2.05. The molecule has 0 radical (unpaired) electrons. The van der Waals surface area contributed by atoms with E-state index in [1.54, 1.807) is 11.3 Å². The Bertz CT molecular complexity index is 562. The van der Waals surface area contributed by atoms with Crippen molar-refractivity contribution in [2.75, 3.05) is 6.61 Å². The Morgan fingerprint density at radius 3 is 3.00 bits per heavy atom. The zero-order valence-corrected chi connectivity index (χ0v) is 10.2. The topological polar surface area (TPSA) is 38.7 Å². The van der Waals surface area contributed by atoms with Crippen LogP contribution >= 0.6 is 11.3 Å². The molecule has 1 aromatic carbocycles. The summed E-state index contributed by atoms with van der Waals surface area (Å²) in [5, 5.41) is 2.00. The van der Waals surface area contributed by atoms with Crippen molar-refractivity contribution < 1.29 is 13.9 Å². The second-order valence-electron chi connectivity index (χ2n) is 3.49. The van der Waals surface area contributed by atoms with Gasteiger partial charge in [0.2, 0.25) is 6.08 Å². The second kappa shape index (κ2) is 6.10. The number of aliphatic imine (C=N–C) groups is 1. The van der Waals surface area contributed by atoms with Gasteiger partial charge in [-0.25, -0.2) is 9.18 Å². The summed E-state index contributed by atoms with van der Waals surface area (Å²) in [6.45, 7) is 0.452. The largest absolute Gasteiger partial charge is 0.491 e. The lowest BCUT2D eigenvalue weighted by Crippen LogP contribution is -2.00. The Kier molecular flexibility index (Phi) is 4.23. The molecule has 1 aromatic heterocycles. The molecule has 0 N–H and O–H groups in total. The molecular formula is C13H10FNO2S. The quantitative estimate of drug-likeness (QED) is 0.612. The van der Waals surface area contributed by atoms with Gasteiger partial charge in [0.15, 0.2) is 0 Å². The highest BCUT2D eigenvalue weighted by Crippen LogP contribution is 2.28. The van der Waals surface area contributed by atoms with Gasteiger partial charge >= 0.3 is 0 Å². The minimum absolute atomic E-state index is 0.163. The van der Waals surface area contributed by atoms with Crippen molar-refractivity contribution in [1.82, 2.24) is 0 Å². The van der Waals surface area contributed by atoms with Crippen LogP contribution in [0.4, 0.5) is 10.1 Å². The third-order valence-electron chi connectivity index (χ3n) is 2.27. The first-order valence-electron chi connectivity index (χ1n) is 5.32. The van der Waals surface area contributed by atoms with Crippen molar-refractivity contribution in [2.24, 2.45) is 4.99 Å². The van der Waals surface area contributed by atoms with Crippen LogP contribution in [0.5, 0.6) is 5.75 Å². The van der Waals surface area contributed by atoms with Gasteiger partial charge in [0.1, 0.15) is 17.3 Å². The molecule has 0 aliphatic heterocycles. The molecule has 2 rings (SSSR count). The minimum atomic E-state index is -0.463. The van der Waals surface area contributed by atoms with Crippen molar-refractivity contribution in [3.8, 4) is 5.75 Å². The fourth-order valence-corrected chi connectivity index (χ4v) is 2.16. The van der Waals surface area contributed by atoms with Crippen LogP contribution in [0, 0.1) is 5.82 Å². The van der Waals surface area contributed by atoms with Gasteiger partial charge in [0.05, 0.1) is 6.61 Å². The average Bonchev–Trinajstić information content (AvgIpc) is 2.85. The number of hydrogen-bond acceptors (Lipinski definition) is 4. The van der Waals surface area contributed by atoms with Crippen LogP contribution in [0.1, 0.15) is 4.88 Å². The highest BCUT2D eigenvalue weighted by molar-refractivity contribution is 7.09. The number of benzene rings is 1. The van der Waals surface area contributed by atoms with Gasteiger partial charge in [0.25, 0.3) is 0 Å². The molecule has 18 heavy (non-hydrogen) atoms. The van der Waals surface area contributed by atoms with Crippen LogP contribution < -0.4 is 4.74 Å². The monoisotopic (exact) mass is 263 g/mol. The number of nitrogens with zero attached hydrogens (tertiary/aromatic N) is 1. The molecule has 0 fully saturated rings. The molecule has 5 heteroatoms. The first kappa shape index (κ1) is 12.5. The first-order chi connectivity index (χ1) is 8.79. The van der Waals surface area contributed by atoms with Gasteiger partial charge in [0, 0.05) is 17.4 Å². The maximum absolute atomic E-state index is 13.0. The molecule has 0 bridgehead atoms. The fourth-order valence-electron chi connectivity index (χ4n) is 1.47. The molecule has 0 aliphatic rings. The van der Waals surface area contributed by atoms with Gasteiger partial charge in [-0.05, 0) is 23.6 Å². The lowest BCUT2D eigenvalue weighted by Gasteiger charge is -2.07. The SMILES string of the molecule is O=C=Nc1cc(F)ccc1OCCc1cccs1. The van der Waals surface area contributed by atoms with E-state index < -0.39 is 5.82 Å². The van der Waals surface area contributed by atoms with Crippen LogP contribution in [0.2, 0.25) is 0 Å². The Hall–Kier alpha value is -1.97. The number of thiophene rings is 1. The van der Waals surface area contributed by atoms with E-state index in [2.05, 4.69) is 4.99 Å². The number of carbonyl (C=O) groups excluding carboxylic acids is 1. The summed E-state index contributed by atoms with van der Waals surface area (Å²) >= 11 is 1.65. The zero-order valence-electron chi connectivity index (χ0n) is 9.43. The summed E-state index contributed by atoms with van der Waals surface area (Å²) in [5.41, 5.74) is 0.163. The van der Waals surface area contributed by atoms with E-state index >= 15 is 0 Å². The fraction of sp³-hybridized carbons (Fsp3) is 0.154. The summed E-state index contributed by atoms with van der Waals surface area (Å²) in [6.07, 6.45) is 2.15. The van der Waals surface area contributed by atoms with E-state index in [1.807, 2.05) is 17.5 Å². The number of isocyanates is 1. The molecule has 0 saturated carbocycles. The number of rotatable bonds is 5. The smallest absolute Gasteiger partial charge is 0.240 e. The van der Waals surface area contributed by atoms with Crippen molar-refractivity contribution >= 4 is 23.1 Å². The maximum Gasteiger partial charge on any atom is 0.240 e. The Morgan fingerprint density at radius 1 is 1.39 bits per heavy atom. The van der Waals surface area contributed by atoms with E-state index in [1.165, 1.54) is 23.1 Å². The number of hydrogen-bond donors (Lipinski definition) is 0. The molecular weight excluding hydrogens is 253 g/mol. The summed E-state index contributed by atoms with van der Waals surface area (Å²) in [4.78, 5) is 14.9. The van der Waals surface area contributed by atoms with E-state index in [9.17, 15) is 9.18 Å². The second-order valence-corrected chi connectivity index (χ2v) is 4.53. The van der Waals surface area contributed by atoms with Crippen LogP contribution in [-0.2, 0) is 11.2 Å². The first-order valence-corrected chi connectivity index (χ1v) is 6.20. The molecule has 3 nitrogen and oxygen atoms in total. The zero-order chi connectivity index (χ0) is 12.8. The van der Waals surface area contributed by atoms with Crippen LogP contribution in [0.15, 0.2) is 40.7 Å². The van der Waals surface area contributed by atoms with Crippen molar-refractivity contribution in [2.45, 2.75) is 6.42 Å². The predicted octanol–water partition coefficient (Wildman–Crippen LogP) is 3.48. The summed E-state index contributed by atoms with van der Waals surface area (Å²) in [6, 6.07) is 7.86. The van der Waals surface area contributed by atoms with E-state index in [0.717, 1.165) is 12.5 Å². The molecule has 1 heterocycles. The maximum atomic E-state index is 13.0. The number of halogens is 1. The normalized spacial score (nSPS) is 9.83. The van der Waals surface area contributed by atoms with E-state index in [0.29, 0.717) is 12.4 Å². The molecule has 2 aromatic rings. The predicted molar refractivity (Wildman–Crippen MR) is 67.7 cm³/mol. The molecule has 0 spiro atoms.